The normalized spacial score (nSPS) is 24.9. The van der Waals surface area contributed by atoms with E-state index in [1.165, 1.54) is 27.2 Å². The van der Waals surface area contributed by atoms with Gasteiger partial charge in [-0.15, -0.1) is 11.3 Å². The average Bonchev–Trinajstić information content (AvgIpc) is 2.94. The van der Waals surface area contributed by atoms with Crippen LogP contribution in [0.2, 0.25) is 0 Å². The number of fused-ring (bicyclic) bond motifs is 1. The van der Waals surface area contributed by atoms with Gasteiger partial charge in [0.25, 0.3) is 0 Å². The van der Waals surface area contributed by atoms with Crippen molar-refractivity contribution < 1.29 is 0 Å². The van der Waals surface area contributed by atoms with E-state index in [4.69, 9.17) is 0 Å². The molecular weight excluding hydrogens is 302 g/mol. The van der Waals surface area contributed by atoms with Gasteiger partial charge in [0.2, 0.25) is 0 Å². The van der Waals surface area contributed by atoms with Crippen LogP contribution in [0.15, 0.2) is 29.6 Å². The van der Waals surface area contributed by atoms with E-state index in [1.54, 1.807) is 0 Å². The van der Waals surface area contributed by atoms with Crippen LogP contribution in [0.4, 0.5) is 0 Å². The Labute approximate surface area is 133 Å². The molecule has 3 atom stereocenters. The van der Waals surface area contributed by atoms with Crippen LogP contribution < -0.4 is 5.32 Å². The van der Waals surface area contributed by atoms with Crippen LogP contribution in [-0.2, 0) is 0 Å². The van der Waals surface area contributed by atoms with Crippen LogP contribution in [-0.4, -0.2) is 28.6 Å². The third-order valence-corrected chi connectivity index (χ3v) is 8.01. The molecule has 0 radical (unpaired) electrons. The highest BCUT2D eigenvalue weighted by molar-refractivity contribution is 8.07. The van der Waals surface area contributed by atoms with Gasteiger partial charge in [-0.05, 0) is 28.9 Å². The highest BCUT2D eigenvalue weighted by atomic mass is 32.2. The standard InChI is InChI=1S/C16H21NS3/c1-3-17-14(15-11(2)18-9-10-20-15)13-6-4-5-12-7-8-19-16(12)13/h4-8,11,14-15,17H,3,9-10H2,1-2H3. The van der Waals surface area contributed by atoms with E-state index >= 15 is 0 Å². The molecule has 20 heavy (non-hydrogen) atoms. The molecule has 0 saturated carbocycles. The fourth-order valence-corrected chi connectivity index (χ4v) is 6.79. The highest BCUT2D eigenvalue weighted by Crippen LogP contribution is 2.41. The second kappa shape index (κ2) is 6.73. The van der Waals surface area contributed by atoms with Crippen LogP contribution in [0.5, 0.6) is 0 Å². The third kappa shape index (κ3) is 2.89. The summed E-state index contributed by atoms with van der Waals surface area (Å²) < 4.78 is 1.46. The third-order valence-electron chi connectivity index (χ3n) is 3.83. The minimum atomic E-state index is 0.468. The van der Waals surface area contributed by atoms with Crippen molar-refractivity contribution in [3.05, 3.63) is 35.2 Å². The number of nitrogens with one attached hydrogen (secondary N) is 1. The molecule has 0 bridgehead atoms. The number of hydrogen-bond donors (Lipinski definition) is 1. The van der Waals surface area contributed by atoms with Gasteiger partial charge in [0.1, 0.15) is 0 Å². The molecule has 4 heteroatoms. The Hall–Kier alpha value is -0.160. The molecule has 2 heterocycles. The molecule has 1 aliphatic rings. The molecule has 0 aliphatic carbocycles. The molecule has 3 rings (SSSR count). The molecule has 1 N–H and O–H groups in total. The molecule has 3 unspecified atom stereocenters. The maximum atomic E-state index is 3.75. The first kappa shape index (κ1) is 14.8. The average molecular weight is 324 g/mol. The lowest BCUT2D eigenvalue weighted by atomic mass is 10.00. The van der Waals surface area contributed by atoms with E-state index in [0.717, 1.165) is 6.54 Å². The Balaban J connectivity index is 1.99. The van der Waals surface area contributed by atoms with E-state index in [0.29, 0.717) is 16.5 Å². The Morgan fingerprint density at radius 1 is 1.25 bits per heavy atom. The summed E-state index contributed by atoms with van der Waals surface area (Å²) in [6, 6.07) is 9.46. The van der Waals surface area contributed by atoms with Crippen molar-refractivity contribution in [2.24, 2.45) is 0 Å². The summed E-state index contributed by atoms with van der Waals surface area (Å²) in [5, 5.41) is 8.73. The lowest BCUT2D eigenvalue weighted by molar-refractivity contribution is 0.529. The van der Waals surface area contributed by atoms with Crippen molar-refractivity contribution in [2.45, 2.75) is 30.4 Å². The first-order chi connectivity index (χ1) is 9.81. The van der Waals surface area contributed by atoms with Crippen LogP contribution in [0.3, 0.4) is 0 Å². The van der Waals surface area contributed by atoms with E-state index in [9.17, 15) is 0 Å². The SMILES string of the molecule is CCNC(c1cccc2ccsc12)C1SCCSC1C. The molecule has 1 aromatic carbocycles. The van der Waals surface area contributed by atoms with Crippen molar-refractivity contribution in [3.63, 3.8) is 0 Å². The molecule has 1 fully saturated rings. The predicted molar refractivity (Wildman–Crippen MR) is 96.4 cm³/mol. The van der Waals surface area contributed by atoms with E-state index in [-0.39, 0.29) is 0 Å². The fraction of sp³-hybridized carbons (Fsp3) is 0.500. The van der Waals surface area contributed by atoms with E-state index in [2.05, 4.69) is 72.3 Å². The maximum absolute atomic E-state index is 3.75. The van der Waals surface area contributed by atoms with Gasteiger partial charge in [0, 0.05) is 32.7 Å². The monoisotopic (exact) mass is 323 g/mol. The molecule has 1 aliphatic heterocycles. The number of benzene rings is 1. The molecule has 2 aromatic rings. The molecule has 1 saturated heterocycles. The summed E-state index contributed by atoms with van der Waals surface area (Å²) in [6.45, 7) is 5.63. The number of thiophene rings is 1. The summed E-state index contributed by atoms with van der Waals surface area (Å²) in [4.78, 5) is 0. The Kier molecular flexibility index (Phi) is 4.97. The van der Waals surface area contributed by atoms with Gasteiger partial charge in [-0.3, -0.25) is 0 Å². The number of hydrogen-bond acceptors (Lipinski definition) is 4. The lowest BCUT2D eigenvalue weighted by Gasteiger charge is -2.35. The molecular formula is C16H21NS3. The number of thioether (sulfide) groups is 2. The van der Waals surface area contributed by atoms with Crippen molar-refractivity contribution >= 4 is 44.9 Å². The van der Waals surface area contributed by atoms with Crippen LogP contribution in [0, 0.1) is 0 Å². The van der Waals surface area contributed by atoms with Crippen molar-refractivity contribution in [2.75, 3.05) is 18.1 Å². The summed E-state index contributed by atoms with van der Waals surface area (Å²) in [7, 11) is 0. The van der Waals surface area contributed by atoms with Crippen molar-refractivity contribution in [3.8, 4) is 0 Å². The first-order valence-electron chi connectivity index (χ1n) is 7.24. The first-order valence-corrected chi connectivity index (χ1v) is 10.2. The summed E-state index contributed by atoms with van der Waals surface area (Å²) in [6.07, 6.45) is 0. The van der Waals surface area contributed by atoms with E-state index < -0.39 is 0 Å². The molecule has 108 valence electrons. The zero-order chi connectivity index (χ0) is 13.9. The Morgan fingerprint density at radius 3 is 2.90 bits per heavy atom. The lowest BCUT2D eigenvalue weighted by Crippen LogP contribution is -2.37. The molecule has 0 spiro atoms. The smallest absolute Gasteiger partial charge is 0.0465 e. The van der Waals surface area contributed by atoms with Crippen LogP contribution in [0.25, 0.3) is 10.1 Å². The van der Waals surface area contributed by atoms with Gasteiger partial charge in [0.05, 0.1) is 0 Å². The minimum absolute atomic E-state index is 0.468. The van der Waals surface area contributed by atoms with Crippen LogP contribution >= 0.6 is 34.9 Å². The van der Waals surface area contributed by atoms with Gasteiger partial charge >= 0.3 is 0 Å². The maximum Gasteiger partial charge on any atom is 0.0465 e. The fourth-order valence-electron chi connectivity index (χ4n) is 2.90. The summed E-state index contributed by atoms with van der Waals surface area (Å²) in [5.41, 5.74) is 1.49. The van der Waals surface area contributed by atoms with Gasteiger partial charge in [-0.2, -0.15) is 23.5 Å². The quantitative estimate of drug-likeness (QED) is 0.869. The minimum Gasteiger partial charge on any atom is -0.309 e. The van der Waals surface area contributed by atoms with Crippen LogP contribution in [0.1, 0.15) is 25.5 Å². The van der Waals surface area contributed by atoms with E-state index in [1.807, 2.05) is 11.3 Å². The van der Waals surface area contributed by atoms with Crippen molar-refractivity contribution in [1.82, 2.24) is 5.32 Å². The summed E-state index contributed by atoms with van der Waals surface area (Å²) in [5.74, 6) is 2.58. The molecule has 1 nitrogen and oxygen atoms in total. The zero-order valence-corrected chi connectivity index (χ0v) is 14.4. The predicted octanol–water partition coefficient (Wildman–Crippen LogP) is 4.79. The number of rotatable bonds is 4. The van der Waals surface area contributed by atoms with Gasteiger partial charge in [-0.1, -0.05) is 32.0 Å². The molecule has 0 amide bonds. The zero-order valence-electron chi connectivity index (χ0n) is 12.0. The highest BCUT2D eigenvalue weighted by Gasteiger charge is 2.31. The topological polar surface area (TPSA) is 12.0 Å². The Bertz CT molecular complexity index is 566. The summed E-state index contributed by atoms with van der Waals surface area (Å²) >= 11 is 6.15. The van der Waals surface area contributed by atoms with Crippen molar-refractivity contribution in [1.29, 1.82) is 0 Å². The van der Waals surface area contributed by atoms with Gasteiger partial charge < -0.3 is 5.32 Å². The second-order valence-electron chi connectivity index (χ2n) is 5.13. The van der Waals surface area contributed by atoms with Gasteiger partial charge in [0.15, 0.2) is 0 Å². The Morgan fingerprint density at radius 2 is 2.10 bits per heavy atom. The second-order valence-corrected chi connectivity index (χ2v) is 8.82. The molecule has 1 aromatic heterocycles. The van der Waals surface area contributed by atoms with Gasteiger partial charge in [-0.25, -0.2) is 0 Å². The largest absolute Gasteiger partial charge is 0.309 e.